The fourth-order valence-corrected chi connectivity index (χ4v) is 3.69. The number of urea groups is 1. The van der Waals surface area contributed by atoms with Crippen LogP contribution in [-0.4, -0.2) is 68.0 Å². The molecule has 0 unspecified atom stereocenters. The number of ether oxygens (including phenoxy) is 2. The van der Waals surface area contributed by atoms with E-state index in [-0.39, 0.29) is 30.8 Å². The van der Waals surface area contributed by atoms with Crippen molar-refractivity contribution in [1.29, 1.82) is 0 Å². The molecule has 0 aromatic heterocycles. The predicted molar refractivity (Wildman–Crippen MR) is 123 cm³/mol. The van der Waals surface area contributed by atoms with Crippen LogP contribution in [0.2, 0.25) is 0 Å². The van der Waals surface area contributed by atoms with Gasteiger partial charge in [-0.05, 0) is 30.7 Å². The molecule has 33 heavy (non-hydrogen) atoms. The Morgan fingerprint density at radius 1 is 1.18 bits per heavy atom. The number of carbonyl (C=O) groups excluding carboxylic acids is 2. The van der Waals surface area contributed by atoms with Gasteiger partial charge >= 0.3 is 6.03 Å². The van der Waals surface area contributed by atoms with Gasteiger partial charge in [0, 0.05) is 32.2 Å². The molecule has 0 bridgehead atoms. The Hall–Kier alpha value is -3.46. The van der Waals surface area contributed by atoms with Crippen LogP contribution in [-0.2, 0) is 9.53 Å². The molecule has 176 valence electrons. The lowest BCUT2D eigenvalue weighted by molar-refractivity contribution is -0.133. The van der Waals surface area contributed by atoms with E-state index in [0.717, 1.165) is 11.1 Å². The Balaban J connectivity index is 1.92. The van der Waals surface area contributed by atoms with Gasteiger partial charge < -0.3 is 19.7 Å². The first-order valence-electron chi connectivity index (χ1n) is 10.8. The highest BCUT2D eigenvalue weighted by atomic mass is 19.1. The van der Waals surface area contributed by atoms with E-state index in [9.17, 15) is 14.0 Å². The van der Waals surface area contributed by atoms with Gasteiger partial charge in [0.1, 0.15) is 18.1 Å². The Morgan fingerprint density at radius 3 is 2.58 bits per heavy atom. The van der Waals surface area contributed by atoms with Crippen molar-refractivity contribution in [3.05, 3.63) is 65.5 Å². The van der Waals surface area contributed by atoms with Crippen molar-refractivity contribution in [3.63, 3.8) is 0 Å². The number of para-hydroxylation sites is 1. The third-order valence-corrected chi connectivity index (χ3v) is 5.35. The van der Waals surface area contributed by atoms with Gasteiger partial charge in [-0.2, -0.15) is 5.10 Å². The normalized spacial score (nSPS) is 15.2. The SMILES string of the molecule is CCNC(=O)N(CCOC)CC(=O)N1N=C(c2ccc(F)cc2)C[C@H]1c1ccccc1OC. The molecule has 3 rings (SSSR count). The van der Waals surface area contributed by atoms with Gasteiger partial charge in [0.05, 0.1) is 25.5 Å². The molecule has 1 heterocycles. The van der Waals surface area contributed by atoms with E-state index in [4.69, 9.17) is 9.47 Å². The summed E-state index contributed by atoms with van der Waals surface area (Å²) < 4.78 is 24.0. The highest BCUT2D eigenvalue weighted by molar-refractivity contribution is 6.03. The van der Waals surface area contributed by atoms with E-state index in [1.165, 1.54) is 29.2 Å². The minimum absolute atomic E-state index is 0.166. The summed E-state index contributed by atoms with van der Waals surface area (Å²) in [6.45, 7) is 2.64. The number of hydrogen-bond acceptors (Lipinski definition) is 5. The lowest BCUT2D eigenvalue weighted by atomic mass is 9.97. The number of methoxy groups -OCH3 is 2. The quantitative estimate of drug-likeness (QED) is 0.628. The zero-order valence-electron chi connectivity index (χ0n) is 19.1. The van der Waals surface area contributed by atoms with Crippen LogP contribution in [0.15, 0.2) is 53.6 Å². The molecule has 0 aliphatic carbocycles. The molecule has 2 aromatic carbocycles. The molecule has 1 aliphatic heterocycles. The maximum Gasteiger partial charge on any atom is 0.317 e. The summed E-state index contributed by atoms with van der Waals surface area (Å²) in [6.07, 6.45) is 0.428. The van der Waals surface area contributed by atoms with Crippen LogP contribution < -0.4 is 10.1 Å². The summed E-state index contributed by atoms with van der Waals surface area (Å²) in [4.78, 5) is 27.3. The summed E-state index contributed by atoms with van der Waals surface area (Å²) in [5.74, 6) is -0.0523. The van der Waals surface area contributed by atoms with E-state index in [1.54, 1.807) is 19.2 Å². The summed E-state index contributed by atoms with van der Waals surface area (Å²) in [5, 5.41) is 8.71. The Labute approximate surface area is 193 Å². The monoisotopic (exact) mass is 456 g/mol. The van der Waals surface area contributed by atoms with Crippen LogP contribution in [0.25, 0.3) is 0 Å². The molecule has 3 amide bonds. The van der Waals surface area contributed by atoms with E-state index in [0.29, 0.717) is 31.0 Å². The minimum Gasteiger partial charge on any atom is -0.496 e. The zero-order valence-corrected chi connectivity index (χ0v) is 19.1. The highest BCUT2D eigenvalue weighted by Crippen LogP contribution is 2.37. The second-order valence-corrected chi connectivity index (χ2v) is 7.50. The van der Waals surface area contributed by atoms with Crippen LogP contribution in [0.3, 0.4) is 0 Å². The molecule has 2 aromatic rings. The van der Waals surface area contributed by atoms with Crippen molar-refractivity contribution in [2.75, 3.05) is 40.5 Å². The molecular weight excluding hydrogens is 427 g/mol. The molecular formula is C24H29FN4O4. The Bertz CT molecular complexity index is 996. The lowest BCUT2D eigenvalue weighted by Gasteiger charge is -2.27. The number of rotatable bonds is 9. The van der Waals surface area contributed by atoms with E-state index in [1.807, 2.05) is 31.2 Å². The second kappa shape index (κ2) is 11.4. The Kier molecular flexibility index (Phi) is 8.37. The molecule has 1 aliphatic rings. The smallest absolute Gasteiger partial charge is 0.317 e. The van der Waals surface area contributed by atoms with Crippen molar-refractivity contribution in [1.82, 2.24) is 15.2 Å². The third kappa shape index (κ3) is 5.87. The van der Waals surface area contributed by atoms with Crippen molar-refractivity contribution < 1.29 is 23.5 Å². The average Bonchev–Trinajstić information content (AvgIpc) is 3.27. The maximum atomic E-state index is 13.4. The number of amides is 3. The van der Waals surface area contributed by atoms with Gasteiger partial charge in [-0.1, -0.05) is 30.3 Å². The van der Waals surface area contributed by atoms with E-state index >= 15 is 0 Å². The maximum absolute atomic E-state index is 13.4. The molecule has 0 fully saturated rings. The zero-order chi connectivity index (χ0) is 23.8. The lowest BCUT2D eigenvalue weighted by Crippen LogP contribution is -2.47. The summed E-state index contributed by atoms with van der Waals surface area (Å²) >= 11 is 0. The van der Waals surface area contributed by atoms with Crippen molar-refractivity contribution in [3.8, 4) is 5.75 Å². The van der Waals surface area contributed by atoms with Crippen molar-refractivity contribution >= 4 is 17.6 Å². The van der Waals surface area contributed by atoms with Gasteiger partial charge in [0.25, 0.3) is 5.91 Å². The van der Waals surface area contributed by atoms with Gasteiger partial charge in [-0.25, -0.2) is 14.2 Å². The number of benzene rings is 2. The first-order chi connectivity index (χ1) is 16.0. The third-order valence-electron chi connectivity index (χ3n) is 5.35. The molecule has 0 spiro atoms. The fraction of sp³-hybridized carbons (Fsp3) is 0.375. The Morgan fingerprint density at radius 2 is 1.91 bits per heavy atom. The topological polar surface area (TPSA) is 83.5 Å². The summed E-state index contributed by atoms with van der Waals surface area (Å²) in [6, 6.07) is 12.7. The van der Waals surface area contributed by atoms with Gasteiger partial charge in [-0.15, -0.1) is 0 Å². The number of hydrazone groups is 1. The van der Waals surface area contributed by atoms with Crippen LogP contribution in [0.4, 0.5) is 9.18 Å². The summed E-state index contributed by atoms with van der Waals surface area (Å²) in [7, 11) is 3.11. The molecule has 0 saturated carbocycles. The molecule has 0 radical (unpaired) electrons. The van der Waals surface area contributed by atoms with Crippen LogP contribution in [0.1, 0.15) is 30.5 Å². The minimum atomic E-state index is -0.424. The number of nitrogens with zero attached hydrogens (tertiary/aromatic N) is 3. The average molecular weight is 457 g/mol. The number of halogens is 1. The molecule has 1 atom stereocenters. The first-order valence-corrected chi connectivity index (χ1v) is 10.8. The van der Waals surface area contributed by atoms with Crippen LogP contribution >= 0.6 is 0 Å². The molecule has 8 nitrogen and oxygen atoms in total. The van der Waals surface area contributed by atoms with Crippen molar-refractivity contribution in [2.24, 2.45) is 5.10 Å². The fourth-order valence-electron chi connectivity index (χ4n) is 3.69. The summed E-state index contributed by atoms with van der Waals surface area (Å²) in [5.41, 5.74) is 2.18. The number of carbonyl (C=O) groups is 2. The molecule has 0 saturated heterocycles. The van der Waals surface area contributed by atoms with Crippen molar-refractivity contribution in [2.45, 2.75) is 19.4 Å². The van der Waals surface area contributed by atoms with Crippen LogP contribution in [0, 0.1) is 5.82 Å². The van der Waals surface area contributed by atoms with Gasteiger partial charge in [0.15, 0.2) is 0 Å². The van der Waals surface area contributed by atoms with Gasteiger partial charge in [-0.3, -0.25) is 4.79 Å². The predicted octanol–water partition coefficient (Wildman–Crippen LogP) is 3.19. The van der Waals surface area contributed by atoms with E-state index in [2.05, 4.69) is 10.4 Å². The number of hydrogen-bond donors (Lipinski definition) is 1. The first kappa shape index (κ1) is 24.2. The van der Waals surface area contributed by atoms with Crippen LogP contribution in [0.5, 0.6) is 5.75 Å². The van der Waals surface area contributed by atoms with Gasteiger partial charge in [0.2, 0.25) is 0 Å². The largest absolute Gasteiger partial charge is 0.496 e. The highest BCUT2D eigenvalue weighted by Gasteiger charge is 2.35. The number of nitrogens with one attached hydrogen (secondary N) is 1. The molecule has 9 heteroatoms. The second-order valence-electron chi connectivity index (χ2n) is 7.50. The molecule has 1 N–H and O–H groups in total. The van der Waals surface area contributed by atoms with E-state index < -0.39 is 6.04 Å². The standard InChI is InChI=1S/C24H29FN4O4/c1-4-26-24(31)28(13-14-32-2)16-23(30)29-21(19-7-5-6-8-22(19)33-3)15-20(27-29)17-9-11-18(25)12-10-17/h5-12,21H,4,13-16H2,1-3H3,(H,26,31)/t21-/m0/s1.